The Labute approximate surface area is 129 Å². The van der Waals surface area contributed by atoms with Gasteiger partial charge < -0.3 is 15.0 Å². The van der Waals surface area contributed by atoms with Crippen molar-refractivity contribution >= 4 is 5.69 Å². The molecular formula is C18H30N2O. The molecule has 0 saturated carbocycles. The maximum absolute atomic E-state index is 5.97. The Morgan fingerprint density at radius 2 is 1.86 bits per heavy atom. The summed E-state index contributed by atoms with van der Waals surface area (Å²) in [5, 5.41) is 3.52. The summed E-state index contributed by atoms with van der Waals surface area (Å²) in [6.45, 7) is 15.9. The molecule has 1 saturated heterocycles. The lowest BCUT2D eigenvalue weighted by molar-refractivity contribution is -0.0749. The van der Waals surface area contributed by atoms with Gasteiger partial charge >= 0.3 is 0 Å². The van der Waals surface area contributed by atoms with Gasteiger partial charge in [-0.05, 0) is 59.2 Å². The Morgan fingerprint density at radius 3 is 2.38 bits per heavy atom. The highest BCUT2D eigenvalue weighted by molar-refractivity contribution is 5.48. The lowest BCUT2D eigenvalue weighted by atomic mass is 10.0. The molecule has 0 spiro atoms. The minimum Gasteiger partial charge on any atom is -0.369 e. The first-order valence-corrected chi connectivity index (χ1v) is 7.91. The SMILES string of the molecule is CC1CN(c2ccc(CNC(C)(C)C)cc2)CC(C)(C)O1. The topological polar surface area (TPSA) is 24.5 Å². The molecule has 0 bridgehead atoms. The molecule has 2 rings (SSSR count). The molecule has 1 aliphatic heterocycles. The van der Waals surface area contributed by atoms with E-state index in [4.69, 9.17) is 4.74 Å². The highest BCUT2D eigenvalue weighted by Gasteiger charge is 2.31. The fourth-order valence-corrected chi connectivity index (χ4v) is 2.84. The third kappa shape index (κ3) is 5.01. The summed E-state index contributed by atoms with van der Waals surface area (Å²) in [5.41, 5.74) is 2.69. The van der Waals surface area contributed by atoms with Crippen LogP contribution in [0.5, 0.6) is 0 Å². The number of nitrogens with one attached hydrogen (secondary N) is 1. The van der Waals surface area contributed by atoms with Gasteiger partial charge in [0, 0.05) is 30.9 Å². The number of hydrogen-bond acceptors (Lipinski definition) is 3. The van der Waals surface area contributed by atoms with Crippen LogP contribution in [0.2, 0.25) is 0 Å². The summed E-state index contributed by atoms with van der Waals surface area (Å²) in [6.07, 6.45) is 0.274. The van der Waals surface area contributed by atoms with Crippen molar-refractivity contribution in [2.24, 2.45) is 0 Å². The fraction of sp³-hybridized carbons (Fsp3) is 0.667. The van der Waals surface area contributed by atoms with Gasteiger partial charge in [0.05, 0.1) is 11.7 Å². The standard InChI is InChI=1S/C18H30N2O/c1-14-12-20(13-18(5,6)21-14)16-9-7-15(8-10-16)11-19-17(2,3)4/h7-10,14,19H,11-13H2,1-6H3. The van der Waals surface area contributed by atoms with Crippen molar-refractivity contribution in [3.63, 3.8) is 0 Å². The van der Waals surface area contributed by atoms with Crippen LogP contribution in [0.1, 0.15) is 47.1 Å². The zero-order chi connectivity index (χ0) is 15.7. The maximum Gasteiger partial charge on any atom is 0.0805 e. The number of benzene rings is 1. The van der Waals surface area contributed by atoms with Gasteiger partial charge in [-0.2, -0.15) is 0 Å². The van der Waals surface area contributed by atoms with E-state index in [1.54, 1.807) is 0 Å². The molecule has 0 aliphatic carbocycles. The number of hydrogen-bond donors (Lipinski definition) is 1. The van der Waals surface area contributed by atoms with E-state index in [9.17, 15) is 0 Å². The molecule has 3 heteroatoms. The van der Waals surface area contributed by atoms with E-state index in [-0.39, 0.29) is 17.2 Å². The molecule has 0 radical (unpaired) electrons. The maximum atomic E-state index is 5.97. The van der Waals surface area contributed by atoms with Crippen LogP contribution < -0.4 is 10.2 Å². The second-order valence-corrected chi connectivity index (χ2v) is 7.84. The number of ether oxygens (including phenoxy) is 1. The lowest BCUT2D eigenvalue weighted by Crippen LogP contribution is -2.52. The van der Waals surface area contributed by atoms with Crippen LogP contribution in [-0.2, 0) is 11.3 Å². The van der Waals surface area contributed by atoms with E-state index >= 15 is 0 Å². The van der Waals surface area contributed by atoms with Crippen molar-refractivity contribution in [3.8, 4) is 0 Å². The minimum atomic E-state index is -0.0792. The van der Waals surface area contributed by atoms with Crippen LogP contribution in [-0.4, -0.2) is 30.3 Å². The molecular weight excluding hydrogens is 260 g/mol. The van der Waals surface area contributed by atoms with Crippen molar-refractivity contribution in [2.45, 2.75) is 65.3 Å². The van der Waals surface area contributed by atoms with Crippen LogP contribution in [0.25, 0.3) is 0 Å². The van der Waals surface area contributed by atoms with Crippen LogP contribution >= 0.6 is 0 Å². The van der Waals surface area contributed by atoms with E-state index in [0.717, 1.165) is 19.6 Å². The summed E-state index contributed by atoms with van der Waals surface area (Å²) >= 11 is 0. The van der Waals surface area contributed by atoms with Crippen LogP contribution in [0.15, 0.2) is 24.3 Å². The zero-order valence-corrected chi connectivity index (χ0v) is 14.4. The molecule has 118 valence electrons. The van der Waals surface area contributed by atoms with Crippen molar-refractivity contribution in [3.05, 3.63) is 29.8 Å². The second-order valence-electron chi connectivity index (χ2n) is 7.84. The van der Waals surface area contributed by atoms with E-state index in [2.05, 4.69) is 76.0 Å². The van der Waals surface area contributed by atoms with E-state index < -0.39 is 0 Å². The average molecular weight is 290 g/mol. The molecule has 21 heavy (non-hydrogen) atoms. The summed E-state index contributed by atoms with van der Waals surface area (Å²) in [7, 11) is 0. The van der Waals surface area contributed by atoms with Crippen LogP contribution in [0, 0.1) is 0 Å². The predicted octanol–water partition coefficient (Wildman–Crippen LogP) is 3.58. The number of rotatable bonds is 3. The van der Waals surface area contributed by atoms with Crippen LogP contribution in [0.4, 0.5) is 5.69 Å². The lowest BCUT2D eigenvalue weighted by Gasteiger charge is -2.43. The van der Waals surface area contributed by atoms with E-state index in [0.29, 0.717) is 0 Å². The molecule has 1 fully saturated rings. The Bertz CT molecular complexity index is 459. The van der Waals surface area contributed by atoms with Gasteiger partial charge in [0.2, 0.25) is 0 Å². The molecule has 1 N–H and O–H groups in total. The third-order valence-electron chi connectivity index (χ3n) is 3.69. The Morgan fingerprint density at radius 1 is 1.24 bits per heavy atom. The Kier molecular flexibility index (Phi) is 4.64. The number of morpholine rings is 1. The van der Waals surface area contributed by atoms with Crippen molar-refractivity contribution in [1.29, 1.82) is 0 Å². The highest BCUT2D eigenvalue weighted by Crippen LogP contribution is 2.26. The monoisotopic (exact) mass is 290 g/mol. The van der Waals surface area contributed by atoms with Gasteiger partial charge in [0.1, 0.15) is 0 Å². The minimum absolute atomic E-state index is 0.0792. The van der Waals surface area contributed by atoms with E-state index in [1.807, 2.05) is 0 Å². The molecule has 0 amide bonds. The normalized spacial score (nSPS) is 22.4. The van der Waals surface area contributed by atoms with E-state index in [1.165, 1.54) is 11.3 Å². The van der Waals surface area contributed by atoms with Gasteiger partial charge in [-0.1, -0.05) is 12.1 Å². The first kappa shape index (κ1) is 16.3. The molecule has 0 aromatic heterocycles. The largest absolute Gasteiger partial charge is 0.369 e. The van der Waals surface area contributed by atoms with Crippen molar-refractivity contribution in [2.75, 3.05) is 18.0 Å². The van der Waals surface area contributed by atoms with Crippen molar-refractivity contribution < 1.29 is 4.74 Å². The molecule has 3 nitrogen and oxygen atoms in total. The fourth-order valence-electron chi connectivity index (χ4n) is 2.84. The van der Waals surface area contributed by atoms with Crippen molar-refractivity contribution in [1.82, 2.24) is 5.32 Å². The zero-order valence-electron chi connectivity index (χ0n) is 14.4. The van der Waals surface area contributed by atoms with Crippen LogP contribution in [0.3, 0.4) is 0 Å². The smallest absolute Gasteiger partial charge is 0.0805 e. The first-order valence-electron chi connectivity index (χ1n) is 7.91. The first-order chi connectivity index (χ1) is 9.65. The Hall–Kier alpha value is -1.06. The number of nitrogens with zero attached hydrogens (tertiary/aromatic N) is 1. The van der Waals surface area contributed by atoms with Gasteiger partial charge in [0.15, 0.2) is 0 Å². The Balaban J connectivity index is 2.01. The van der Waals surface area contributed by atoms with Gasteiger partial charge in [0.25, 0.3) is 0 Å². The summed E-state index contributed by atoms with van der Waals surface area (Å²) < 4.78 is 5.97. The summed E-state index contributed by atoms with van der Waals surface area (Å²) in [5.74, 6) is 0. The van der Waals surface area contributed by atoms with Gasteiger partial charge in [-0.15, -0.1) is 0 Å². The highest BCUT2D eigenvalue weighted by atomic mass is 16.5. The van der Waals surface area contributed by atoms with Gasteiger partial charge in [-0.3, -0.25) is 0 Å². The summed E-state index contributed by atoms with van der Waals surface area (Å²) in [4.78, 5) is 2.43. The predicted molar refractivity (Wildman–Crippen MR) is 89.9 cm³/mol. The molecule has 1 aromatic carbocycles. The third-order valence-corrected chi connectivity index (χ3v) is 3.69. The molecule has 1 unspecified atom stereocenters. The summed E-state index contributed by atoms with van der Waals surface area (Å²) in [6, 6.07) is 8.91. The molecule has 1 heterocycles. The quantitative estimate of drug-likeness (QED) is 0.921. The molecule has 1 aliphatic rings. The molecule has 1 atom stereocenters. The van der Waals surface area contributed by atoms with Gasteiger partial charge in [-0.25, -0.2) is 0 Å². The average Bonchev–Trinajstić information content (AvgIpc) is 2.33. The molecule has 1 aromatic rings. The number of anilines is 1. The second kappa shape index (κ2) is 5.98.